The average Bonchev–Trinajstić information content (AvgIpc) is 3.16. The Morgan fingerprint density at radius 3 is 2.63 bits per heavy atom. The summed E-state index contributed by atoms with van der Waals surface area (Å²) in [5.41, 5.74) is 1.28. The minimum absolute atomic E-state index is 0.0963. The van der Waals surface area contributed by atoms with E-state index in [1.165, 1.54) is 5.57 Å². The van der Waals surface area contributed by atoms with E-state index in [2.05, 4.69) is 19.9 Å². The molecule has 3 saturated carbocycles. The topological polar surface area (TPSA) is 63.6 Å². The number of carbonyl (C=O) groups excluding carboxylic acids is 2. The van der Waals surface area contributed by atoms with Crippen molar-refractivity contribution in [1.82, 2.24) is 0 Å². The summed E-state index contributed by atoms with van der Waals surface area (Å²) in [6.07, 6.45) is 12.9. The van der Waals surface area contributed by atoms with Crippen LogP contribution in [0.1, 0.15) is 52.4 Å². The highest BCUT2D eigenvalue weighted by Gasteiger charge is 2.66. The number of allylic oxidation sites excluding steroid dienone is 4. The predicted molar refractivity (Wildman–Crippen MR) is 101 cm³/mol. The van der Waals surface area contributed by atoms with E-state index in [-0.39, 0.29) is 34.4 Å². The fourth-order valence-corrected chi connectivity index (χ4v) is 7.35. The van der Waals surface area contributed by atoms with Crippen molar-refractivity contribution in [2.24, 2.45) is 28.6 Å². The molecule has 1 heterocycles. The minimum Gasteiger partial charge on any atom is -0.458 e. The molecule has 0 spiro atoms. The molecule has 1 N–H and O–H groups in total. The molecule has 0 aromatic heterocycles. The number of cyclic esters (lactones) is 1. The largest absolute Gasteiger partial charge is 0.458 e. The molecule has 6 atom stereocenters. The van der Waals surface area contributed by atoms with Crippen LogP contribution in [0, 0.1) is 28.6 Å². The summed E-state index contributed by atoms with van der Waals surface area (Å²) in [7, 11) is 0. The van der Waals surface area contributed by atoms with Crippen molar-refractivity contribution in [2.45, 2.75) is 58.0 Å². The molecule has 3 fully saturated rings. The van der Waals surface area contributed by atoms with Crippen molar-refractivity contribution in [3.63, 3.8) is 0 Å². The molecular formula is C23H28O4. The Kier molecular flexibility index (Phi) is 3.51. The summed E-state index contributed by atoms with van der Waals surface area (Å²) in [5, 5.41) is 12.1. The zero-order chi connectivity index (χ0) is 19.0. The Bertz CT molecular complexity index is 820. The molecule has 3 unspecified atom stereocenters. The van der Waals surface area contributed by atoms with Gasteiger partial charge in [-0.1, -0.05) is 25.5 Å². The Morgan fingerprint density at radius 1 is 1.07 bits per heavy atom. The number of ketones is 1. The van der Waals surface area contributed by atoms with Gasteiger partial charge in [0.05, 0.1) is 5.60 Å². The quantitative estimate of drug-likeness (QED) is 0.720. The second-order valence-electron chi connectivity index (χ2n) is 9.74. The molecule has 0 saturated heterocycles. The molecule has 5 aliphatic rings. The maximum absolute atomic E-state index is 12.1. The van der Waals surface area contributed by atoms with Crippen molar-refractivity contribution < 1.29 is 19.4 Å². The standard InChI is InChI=1S/C23H28O4/c1-21-8-5-16(24)12-15(21)3-4-19-18(21)6-9-22(2)17(7-10-23(19,22)26)14-11-20(25)27-13-14/h5,8,11-12,17-19,26H,3-4,6-7,9-10,13H2,1-2H3/t17?,18?,19?,21-,22+,23-/m0/s1. The monoisotopic (exact) mass is 368 g/mol. The van der Waals surface area contributed by atoms with Gasteiger partial charge >= 0.3 is 5.97 Å². The lowest BCUT2D eigenvalue weighted by atomic mass is 9.46. The third-order valence-corrected chi connectivity index (χ3v) is 8.88. The summed E-state index contributed by atoms with van der Waals surface area (Å²) in [6, 6.07) is 0. The van der Waals surface area contributed by atoms with Crippen LogP contribution in [-0.2, 0) is 14.3 Å². The van der Waals surface area contributed by atoms with E-state index in [4.69, 9.17) is 4.74 Å². The first-order valence-corrected chi connectivity index (χ1v) is 10.3. The van der Waals surface area contributed by atoms with Crippen LogP contribution in [0.25, 0.3) is 0 Å². The number of ether oxygens (including phenoxy) is 1. The Labute approximate surface area is 160 Å². The molecule has 1 aliphatic heterocycles. The number of aliphatic hydroxyl groups is 1. The third kappa shape index (κ3) is 2.14. The SMILES string of the molecule is C[C@]12C=CC(=O)C=C1CCC1C2CC[C@]2(C)C(C3=CC(=O)OC3)CC[C@]12O. The molecule has 0 aromatic rings. The Morgan fingerprint density at radius 2 is 1.89 bits per heavy atom. The smallest absolute Gasteiger partial charge is 0.331 e. The number of esters is 1. The predicted octanol–water partition coefficient (Wildman–Crippen LogP) is 3.51. The zero-order valence-corrected chi connectivity index (χ0v) is 16.2. The molecule has 4 heteroatoms. The Hall–Kier alpha value is -1.68. The van der Waals surface area contributed by atoms with Crippen LogP contribution < -0.4 is 0 Å². The fourth-order valence-electron chi connectivity index (χ4n) is 7.35. The summed E-state index contributed by atoms with van der Waals surface area (Å²) >= 11 is 0. The summed E-state index contributed by atoms with van der Waals surface area (Å²) in [4.78, 5) is 23.5. The van der Waals surface area contributed by atoms with Gasteiger partial charge < -0.3 is 9.84 Å². The van der Waals surface area contributed by atoms with E-state index in [1.807, 2.05) is 6.08 Å². The lowest BCUT2D eigenvalue weighted by Gasteiger charge is -2.60. The lowest BCUT2D eigenvalue weighted by Crippen LogP contribution is -2.60. The molecule has 0 radical (unpaired) electrons. The van der Waals surface area contributed by atoms with Gasteiger partial charge in [-0.15, -0.1) is 0 Å². The van der Waals surface area contributed by atoms with E-state index in [0.29, 0.717) is 12.5 Å². The van der Waals surface area contributed by atoms with Gasteiger partial charge in [0.15, 0.2) is 5.78 Å². The van der Waals surface area contributed by atoms with Gasteiger partial charge in [-0.2, -0.15) is 0 Å². The van der Waals surface area contributed by atoms with Gasteiger partial charge in [-0.25, -0.2) is 4.79 Å². The van der Waals surface area contributed by atoms with E-state index in [1.54, 1.807) is 12.2 Å². The summed E-state index contributed by atoms with van der Waals surface area (Å²) < 4.78 is 5.18. The Balaban J connectivity index is 1.51. The van der Waals surface area contributed by atoms with Gasteiger partial charge in [0.1, 0.15) is 6.61 Å². The number of rotatable bonds is 1. The molecular weight excluding hydrogens is 340 g/mol. The van der Waals surface area contributed by atoms with E-state index in [0.717, 1.165) is 44.1 Å². The third-order valence-electron chi connectivity index (χ3n) is 8.88. The van der Waals surface area contributed by atoms with Crippen LogP contribution in [0.4, 0.5) is 0 Å². The van der Waals surface area contributed by atoms with Gasteiger partial charge in [0.2, 0.25) is 0 Å². The molecule has 0 bridgehead atoms. The first-order valence-electron chi connectivity index (χ1n) is 10.3. The highest BCUT2D eigenvalue weighted by Crippen LogP contribution is 2.68. The highest BCUT2D eigenvalue weighted by atomic mass is 16.5. The van der Waals surface area contributed by atoms with Gasteiger partial charge in [-0.05, 0) is 74.0 Å². The van der Waals surface area contributed by atoms with Crippen LogP contribution >= 0.6 is 0 Å². The van der Waals surface area contributed by atoms with Crippen LogP contribution in [0.5, 0.6) is 0 Å². The first kappa shape index (κ1) is 17.4. The molecule has 144 valence electrons. The van der Waals surface area contributed by atoms with Crippen LogP contribution in [-0.4, -0.2) is 29.1 Å². The second-order valence-corrected chi connectivity index (χ2v) is 9.74. The summed E-state index contributed by atoms with van der Waals surface area (Å²) in [6.45, 7) is 4.88. The number of hydrogen-bond donors (Lipinski definition) is 1. The van der Waals surface area contributed by atoms with Crippen molar-refractivity contribution in [3.8, 4) is 0 Å². The summed E-state index contributed by atoms with van der Waals surface area (Å²) in [5.74, 6) is 0.686. The van der Waals surface area contributed by atoms with E-state index in [9.17, 15) is 14.7 Å². The van der Waals surface area contributed by atoms with Crippen LogP contribution in [0.15, 0.2) is 35.5 Å². The molecule has 27 heavy (non-hydrogen) atoms. The molecule has 0 aromatic carbocycles. The number of carbonyl (C=O) groups is 2. The fraction of sp³-hybridized carbons (Fsp3) is 0.652. The van der Waals surface area contributed by atoms with Crippen LogP contribution in [0.3, 0.4) is 0 Å². The van der Waals surface area contributed by atoms with Gasteiger partial charge in [0, 0.05) is 16.9 Å². The molecule has 4 nitrogen and oxygen atoms in total. The van der Waals surface area contributed by atoms with E-state index < -0.39 is 5.60 Å². The van der Waals surface area contributed by atoms with Gasteiger partial charge in [-0.3, -0.25) is 4.79 Å². The average molecular weight is 368 g/mol. The number of hydrogen-bond acceptors (Lipinski definition) is 4. The minimum atomic E-state index is -0.711. The van der Waals surface area contributed by atoms with E-state index >= 15 is 0 Å². The van der Waals surface area contributed by atoms with Crippen LogP contribution in [0.2, 0.25) is 0 Å². The van der Waals surface area contributed by atoms with Gasteiger partial charge in [0.25, 0.3) is 0 Å². The normalized spacial score (nSPS) is 48.3. The van der Waals surface area contributed by atoms with Crippen molar-refractivity contribution >= 4 is 11.8 Å². The number of fused-ring (bicyclic) bond motifs is 5. The zero-order valence-electron chi connectivity index (χ0n) is 16.2. The van der Waals surface area contributed by atoms with Crippen molar-refractivity contribution in [1.29, 1.82) is 0 Å². The molecule has 0 amide bonds. The van der Waals surface area contributed by atoms with Crippen molar-refractivity contribution in [2.75, 3.05) is 6.61 Å². The highest BCUT2D eigenvalue weighted by molar-refractivity contribution is 6.01. The molecule has 4 aliphatic carbocycles. The van der Waals surface area contributed by atoms with Crippen molar-refractivity contribution in [3.05, 3.63) is 35.5 Å². The molecule has 5 rings (SSSR count). The lowest BCUT2D eigenvalue weighted by molar-refractivity contribution is -0.175. The maximum Gasteiger partial charge on any atom is 0.331 e. The maximum atomic E-state index is 12.1. The second kappa shape index (κ2) is 5.44. The first-order chi connectivity index (χ1) is 12.8.